The van der Waals surface area contributed by atoms with Crippen LogP contribution in [0.4, 0.5) is 0 Å². The van der Waals surface area contributed by atoms with E-state index >= 15 is 0 Å². The van der Waals surface area contributed by atoms with Gasteiger partial charge in [-0.25, -0.2) is 14.3 Å². The van der Waals surface area contributed by atoms with Gasteiger partial charge in [-0.1, -0.05) is 81.6 Å². The number of carbonyl (C=O) groups is 1. The van der Waals surface area contributed by atoms with E-state index in [-0.39, 0.29) is 18.1 Å². The summed E-state index contributed by atoms with van der Waals surface area (Å²) in [5.41, 5.74) is 4.10. The van der Waals surface area contributed by atoms with E-state index in [1.165, 1.54) is 6.33 Å². The van der Waals surface area contributed by atoms with Crippen molar-refractivity contribution in [3.63, 3.8) is 0 Å². The van der Waals surface area contributed by atoms with E-state index in [1.54, 1.807) is 33.9 Å². The molecule has 0 atom stereocenters. The summed E-state index contributed by atoms with van der Waals surface area (Å²) in [7, 11) is 0. The van der Waals surface area contributed by atoms with Crippen LogP contribution in [-0.4, -0.2) is 30.5 Å². The van der Waals surface area contributed by atoms with Crippen LogP contribution >= 0.6 is 39.1 Å². The first-order valence-corrected chi connectivity index (χ1v) is 12.5. The molecule has 0 aliphatic heterocycles. The van der Waals surface area contributed by atoms with Crippen LogP contribution in [0.1, 0.15) is 21.6 Å². The monoisotopic (exact) mass is 580 g/mol. The molecule has 0 spiro atoms. The van der Waals surface area contributed by atoms with E-state index in [4.69, 9.17) is 28.3 Å². The van der Waals surface area contributed by atoms with Crippen molar-refractivity contribution in [3.05, 3.63) is 117 Å². The number of nitrogens with zero attached hydrogens (tertiary/aromatic N) is 5. The van der Waals surface area contributed by atoms with E-state index < -0.39 is 0 Å². The number of benzene rings is 3. The fraction of sp³-hybridized carbons (Fsp3) is 0.0769. The third-order valence-corrected chi connectivity index (χ3v) is 6.60. The van der Waals surface area contributed by atoms with Gasteiger partial charge in [0.2, 0.25) is 0 Å². The standard InChI is InChI=1S/C26H19BrCl2N6O/c27-19-8-6-18(7-9-19)25-21(14-34-16-30-15-32-34)24(26(36)31-13-17-4-2-1-3-5-17)33-35(25)23-11-10-20(28)12-22(23)29/h1-12,15-16H,13-14H2,(H,31,36). The minimum absolute atomic E-state index is 0.269. The van der Waals surface area contributed by atoms with E-state index in [1.807, 2.05) is 54.6 Å². The van der Waals surface area contributed by atoms with Gasteiger partial charge >= 0.3 is 0 Å². The van der Waals surface area contributed by atoms with Crippen LogP contribution in [0.5, 0.6) is 0 Å². The van der Waals surface area contributed by atoms with Gasteiger partial charge < -0.3 is 5.32 Å². The number of halogens is 3. The molecule has 36 heavy (non-hydrogen) atoms. The van der Waals surface area contributed by atoms with Gasteiger partial charge in [0.1, 0.15) is 12.7 Å². The Hall–Kier alpha value is -3.46. The predicted molar refractivity (Wildman–Crippen MR) is 143 cm³/mol. The SMILES string of the molecule is O=C(NCc1ccccc1)c1nn(-c2ccc(Cl)cc2Cl)c(-c2ccc(Br)cc2)c1Cn1cncn1. The van der Waals surface area contributed by atoms with Crippen molar-refractivity contribution in [2.75, 3.05) is 0 Å². The van der Waals surface area contributed by atoms with Crippen LogP contribution in [0.2, 0.25) is 10.0 Å². The van der Waals surface area contributed by atoms with Gasteiger partial charge in [-0.15, -0.1) is 0 Å². The number of nitrogens with one attached hydrogen (secondary N) is 1. The molecule has 5 rings (SSSR count). The molecule has 180 valence electrons. The van der Waals surface area contributed by atoms with E-state index in [9.17, 15) is 4.79 Å². The molecule has 2 heterocycles. The van der Waals surface area contributed by atoms with Crippen molar-refractivity contribution in [2.24, 2.45) is 0 Å². The average molecular weight is 582 g/mol. The molecule has 0 aliphatic rings. The average Bonchev–Trinajstić information content (AvgIpc) is 3.52. The molecule has 0 bridgehead atoms. The summed E-state index contributed by atoms with van der Waals surface area (Å²) < 4.78 is 4.27. The van der Waals surface area contributed by atoms with Crippen molar-refractivity contribution in [1.29, 1.82) is 0 Å². The summed E-state index contributed by atoms with van der Waals surface area (Å²) in [6.07, 6.45) is 3.05. The number of rotatable bonds is 7. The van der Waals surface area contributed by atoms with Gasteiger partial charge in [-0.05, 0) is 35.9 Å². The van der Waals surface area contributed by atoms with Crippen LogP contribution in [0, 0.1) is 0 Å². The Morgan fingerprint density at radius 3 is 2.47 bits per heavy atom. The minimum atomic E-state index is -0.309. The quantitative estimate of drug-likeness (QED) is 0.249. The maximum Gasteiger partial charge on any atom is 0.272 e. The maximum absolute atomic E-state index is 13.5. The molecular formula is C26H19BrCl2N6O. The lowest BCUT2D eigenvalue weighted by molar-refractivity contribution is 0.0944. The van der Waals surface area contributed by atoms with Gasteiger partial charge in [-0.3, -0.25) is 4.79 Å². The Bertz CT molecular complexity index is 1500. The smallest absolute Gasteiger partial charge is 0.272 e. The molecule has 3 aromatic carbocycles. The molecule has 0 radical (unpaired) electrons. The van der Waals surface area contributed by atoms with Crippen LogP contribution in [-0.2, 0) is 13.1 Å². The molecule has 7 nitrogen and oxygen atoms in total. The Morgan fingerprint density at radius 2 is 1.78 bits per heavy atom. The molecule has 0 unspecified atom stereocenters. The van der Waals surface area contributed by atoms with Gasteiger partial charge in [-0.2, -0.15) is 10.2 Å². The summed E-state index contributed by atoms with van der Waals surface area (Å²) in [6, 6.07) is 22.7. The first-order chi connectivity index (χ1) is 17.5. The van der Waals surface area contributed by atoms with Gasteiger partial charge in [0.05, 0.1) is 22.9 Å². The summed E-state index contributed by atoms with van der Waals surface area (Å²) in [5, 5.41) is 12.9. The summed E-state index contributed by atoms with van der Waals surface area (Å²) >= 11 is 16.2. The van der Waals surface area contributed by atoms with E-state index in [0.29, 0.717) is 33.5 Å². The largest absolute Gasteiger partial charge is 0.347 e. The molecule has 10 heteroatoms. The molecule has 0 fully saturated rings. The molecule has 0 aliphatic carbocycles. The van der Waals surface area contributed by atoms with Crippen LogP contribution < -0.4 is 5.32 Å². The zero-order valence-electron chi connectivity index (χ0n) is 18.8. The molecule has 0 saturated heterocycles. The van der Waals surface area contributed by atoms with Gasteiger partial charge in [0, 0.05) is 27.2 Å². The highest BCUT2D eigenvalue weighted by molar-refractivity contribution is 9.10. The third kappa shape index (κ3) is 5.21. The zero-order valence-corrected chi connectivity index (χ0v) is 21.9. The minimum Gasteiger partial charge on any atom is -0.347 e. The van der Waals surface area contributed by atoms with E-state index in [0.717, 1.165) is 15.6 Å². The summed E-state index contributed by atoms with van der Waals surface area (Å²) in [4.78, 5) is 17.5. The molecule has 5 aromatic rings. The molecular weight excluding hydrogens is 563 g/mol. The van der Waals surface area contributed by atoms with Crippen molar-refractivity contribution in [3.8, 4) is 16.9 Å². The second-order valence-corrected chi connectivity index (χ2v) is 9.71. The maximum atomic E-state index is 13.5. The molecule has 1 N–H and O–H groups in total. The fourth-order valence-electron chi connectivity index (χ4n) is 3.85. The van der Waals surface area contributed by atoms with Crippen LogP contribution in [0.3, 0.4) is 0 Å². The first kappa shape index (κ1) is 24.2. The van der Waals surface area contributed by atoms with Gasteiger partial charge in [0.25, 0.3) is 5.91 Å². The zero-order chi connectivity index (χ0) is 25.1. The summed E-state index contributed by atoms with van der Waals surface area (Å²) in [6.45, 7) is 0.648. The van der Waals surface area contributed by atoms with Crippen LogP contribution in [0.25, 0.3) is 16.9 Å². The van der Waals surface area contributed by atoms with E-state index in [2.05, 4.69) is 31.3 Å². The van der Waals surface area contributed by atoms with Crippen molar-refractivity contribution < 1.29 is 4.79 Å². The Morgan fingerprint density at radius 1 is 1.00 bits per heavy atom. The molecule has 1 amide bonds. The fourth-order valence-corrected chi connectivity index (χ4v) is 4.61. The lowest BCUT2D eigenvalue weighted by atomic mass is 10.0. The lowest BCUT2D eigenvalue weighted by Gasteiger charge is -2.12. The number of aromatic nitrogens is 5. The molecule has 0 saturated carbocycles. The highest BCUT2D eigenvalue weighted by atomic mass is 79.9. The Labute approximate surface area is 225 Å². The number of hydrogen-bond acceptors (Lipinski definition) is 4. The summed E-state index contributed by atoms with van der Waals surface area (Å²) in [5.74, 6) is -0.309. The normalized spacial score (nSPS) is 11.0. The van der Waals surface area contributed by atoms with Crippen molar-refractivity contribution in [2.45, 2.75) is 13.1 Å². The molecule has 2 aromatic heterocycles. The lowest BCUT2D eigenvalue weighted by Crippen LogP contribution is -2.25. The second kappa shape index (κ2) is 10.7. The highest BCUT2D eigenvalue weighted by Gasteiger charge is 2.26. The number of amides is 1. The van der Waals surface area contributed by atoms with Gasteiger partial charge in [0.15, 0.2) is 5.69 Å². The topological polar surface area (TPSA) is 77.6 Å². The Kier molecular flexibility index (Phi) is 7.18. The first-order valence-electron chi connectivity index (χ1n) is 11.0. The second-order valence-electron chi connectivity index (χ2n) is 7.95. The predicted octanol–water partition coefficient (Wildman–Crippen LogP) is 6.18. The Balaban J connectivity index is 1.67. The number of hydrogen-bond donors (Lipinski definition) is 1. The van der Waals surface area contributed by atoms with Crippen LogP contribution in [0.15, 0.2) is 89.9 Å². The number of carbonyl (C=O) groups excluding carboxylic acids is 1. The van der Waals surface area contributed by atoms with Crippen molar-refractivity contribution >= 4 is 45.0 Å². The highest BCUT2D eigenvalue weighted by Crippen LogP contribution is 2.34. The van der Waals surface area contributed by atoms with Crippen molar-refractivity contribution in [1.82, 2.24) is 29.9 Å². The third-order valence-electron chi connectivity index (χ3n) is 5.54.